The Kier molecular flexibility index (Phi) is 5.29. The molecule has 0 unspecified atom stereocenters. The normalized spacial score (nSPS) is 27.8. The van der Waals surface area contributed by atoms with Gasteiger partial charge in [0.25, 0.3) is 0 Å². The molecule has 20 heavy (non-hydrogen) atoms. The lowest BCUT2D eigenvalue weighted by molar-refractivity contribution is 0.318. The van der Waals surface area contributed by atoms with Gasteiger partial charge in [-0.15, -0.1) is 0 Å². The second kappa shape index (κ2) is 6.78. The van der Waals surface area contributed by atoms with Crippen LogP contribution in [-0.4, -0.2) is 0 Å². The molecule has 0 aromatic rings. The molecule has 112 valence electrons. The minimum atomic E-state index is 0.821. The third-order valence-corrected chi connectivity index (χ3v) is 5.33. The van der Waals surface area contributed by atoms with E-state index in [0.717, 1.165) is 17.8 Å². The number of rotatable bonds is 4. The highest BCUT2D eigenvalue weighted by Crippen LogP contribution is 2.44. The van der Waals surface area contributed by atoms with Crippen LogP contribution in [0.15, 0.2) is 34.4 Å². The molecule has 0 spiro atoms. The molecule has 0 aromatic heterocycles. The van der Waals surface area contributed by atoms with Crippen molar-refractivity contribution in [3.63, 3.8) is 0 Å². The summed E-state index contributed by atoms with van der Waals surface area (Å²) in [4.78, 5) is 0. The first-order chi connectivity index (χ1) is 9.49. The van der Waals surface area contributed by atoms with E-state index in [1.165, 1.54) is 44.1 Å². The van der Waals surface area contributed by atoms with Crippen LogP contribution in [-0.2, 0) is 0 Å². The molecule has 0 nitrogen and oxygen atoms in total. The Morgan fingerprint density at radius 3 is 2.75 bits per heavy atom. The first-order valence-electron chi connectivity index (χ1n) is 8.52. The summed E-state index contributed by atoms with van der Waals surface area (Å²) in [5, 5.41) is 0. The van der Waals surface area contributed by atoms with Crippen LogP contribution in [0, 0.1) is 17.8 Å². The SMILES string of the molecule is CC(C)=CCC[C@@H](C)[C@@H]1CC[C@@H](C)C2=C1C=C(C)CC2. The lowest BCUT2D eigenvalue weighted by Gasteiger charge is -2.37. The highest BCUT2D eigenvalue weighted by molar-refractivity contribution is 5.38. The zero-order valence-corrected chi connectivity index (χ0v) is 14.1. The Morgan fingerprint density at radius 2 is 2.05 bits per heavy atom. The van der Waals surface area contributed by atoms with E-state index < -0.39 is 0 Å². The largest absolute Gasteiger partial charge is 0.0859 e. The molecule has 0 radical (unpaired) electrons. The van der Waals surface area contributed by atoms with Crippen LogP contribution in [0.4, 0.5) is 0 Å². The van der Waals surface area contributed by atoms with Gasteiger partial charge in [-0.25, -0.2) is 0 Å². The van der Waals surface area contributed by atoms with Gasteiger partial charge in [0.15, 0.2) is 0 Å². The quantitative estimate of drug-likeness (QED) is 0.516. The van der Waals surface area contributed by atoms with Gasteiger partial charge in [0, 0.05) is 0 Å². The van der Waals surface area contributed by atoms with E-state index in [1.807, 2.05) is 0 Å². The summed E-state index contributed by atoms with van der Waals surface area (Å²) in [5.74, 6) is 2.47. The van der Waals surface area contributed by atoms with E-state index in [0.29, 0.717) is 0 Å². The summed E-state index contributed by atoms with van der Waals surface area (Å²) in [6, 6.07) is 0. The maximum atomic E-state index is 2.54. The second-order valence-electron chi connectivity index (χ2n) is 7.39. The predicted molar refractivity (Wildman–Crippen MR) is 89.7 cm³/mol. The summed E-state index contributed by atoms with van der Waals surface area (Å²) in [5.41, 5.74) is 6.58. The monoisotopic (exact) mass is 272 g/mol. The molecule has 0 aliphatic heterocycles. The standard InChI is InChI=1S/C20H32/c1-14(2)7-6-8-16(4)19-12-10-17(5)18-11-9-15(3)13-20(18)19/h7,13,16-17,19H,6,8-12H2,1-5H3/t16-,17-,19+/m1/s1. The fraction of sp³-hybridized carbons (Fsp3) is 0.700. The average molecular weight is 272 g/mol. The van der Waals surface area contributed by atoms with Crippen LogP contribution in [0.25, 0.3) is 0 Å². The van der Waals surface area contributed by atoms with E-state index in [1.54, 1.807) is 16.7 Å². The van der Waals surface area contributed by atoms with Crippen molar-refractivity contribution in [1.82, 2.24) is 0 Å². The zero-order chi connectivity index (χ0) is 14.7. The zero-order valence-electron chi connectivity index (χ0n) is 14.1. The van der Waals surface area contributed by atoms with Crippen molar-refractivity contribution in [3.8, 4) is 0 Å². The number of allylic oxidation sites excluding steroid dienone is 6. The first-order valence-corrected chi connectivity index (χ1v) is 8.52. The predicted octanol–water partition coefficient (Wildman–Crippen LogP) is 6.45. The van der Waals surface area contributed by atoms with Crippen LogP contribution >= 0.6 is 0 Å². The van der Waals surface area contributed by atoms with Crippen molar-refractivity contribution < 1.29 is 0 Å². The molecule has 0 bridgehead atoms. The van der Waals surface area contributed by atoms with Crippen molar-refractivity contribution in [3.05, 3.63) is 34.4 Å². The van der Waals surface area contributed by atoms with Gasteiger partial charge >= 0.3 is 0 Å². The molecule has 0 saturated heterocycles. The fourth-order valence-electron chi connectivity index (χ4n) is 3.97. The highest BCUT2D eigenvalue weighted by Gasteiger charge is 2.30. The minimum Gasteiger partial charge on any atom is -0.0859 e. The van der Waals surface area contributed by atoms with Crippen molar-refractivity contribution >= 4 is 0 Å². The molecule has 0 amide bonds. The van der Waals surface area contributed by atoms with Gasteiger partial charge in [-0.1, -0.05) is 42.7 Å². The van der Waals surface area contributed by atoms with Gasteiger partial charge in [0.05, 0.1) is 0 Å². The van der Waals surface area contributed by atoms with Crippen molar-refractivity contribution in [2.45, 2.75) is 73.1 Å². The van der Waals surface area contributed by atoms with E-state index in [2.05, 4.69) is 46.8 Å². The third kappa shape index (κ3) is 3.65. The van der Waals surface area contributed by atoms with Crippen LogP contribution in [0.5, 0.6) is 0 Å². The maximum absolute atomic E-state index is 2.54. The van der Waals surface area contributed by atoms with Crippen molar-refractivity contribution in [2.75, 3.05) is 0 Å². The van der Waals surface area contributed by atoms with Crippen LogP contribution < -0.4 is 0 Å². The van der Waals surface area contributed by atoms with Crippen LogP contribution in [0.3, 0.4) is 0 Å². The smallest absolute Gasteiger partial charge is 0.0136 e. The Hall–Kier alpha value is -0.780. The molecule has 0 heteroatoms. The maximum Gasteiger partial charge on any atom is -0.0136 e. The Morgan fingerprint density at radius 1 is 1.30 bits per heavy atom. The molecule has 2 rings (SSSR count). The summed E-state index contributed by atoms with van der Waals surface area (Å²) in [6.45, 7) is 11.6. The van der Waals surface area contributed by atoms with Gasteiger partial charge in [0.2, 0.25) is 0 Å². The summed E-state index contributed by atoms with van der Waals surface area (Å²) < 4.78 is 0. The lowest BCUT2D eigenvalue weighted by Crippen LogP contribution is -2.24. The van der Waals surface area contributed by atoms with E-state index >= 15 is 0 Å². The van der Waals surface area contributed by atoms with E-state index in [-0.39, 0.29) is 0 Å². The summed E-state index contributed by atoms with van der Waals surface area (Å²) in [6.07, 6.45) is 13.0. The van der Waals surface area contributed by atoms with Gasteiger partial charge in [-0.2, -0.15) is 0 Å². The van der Waals surface area contributed by atoms with Gasteiger partial charge in [0.1, 0.15) is 0 Å². The molecule has 0 saturated carbocycles. The van der Waals surface area contributed by atoms with Gasteiger partial charge < -0.3 is 0 Å². The molecular formula is C20H32. The summed E-state index contributed by atoms with van der Waals surface area (Å²) >= 11 is 0. The Balaban J connectivity index is 2.11. The van der Waals surface area contributed by atoms with E-state index in [9.17, 15) is 0 Å². The third-order valence-electron chi connectivity index (χ3n) is 5.33. The minimum absolute atomic E-state index is 0.821. The van der Waals surface area contributed by atoms with Crippen LogP contribution in [0.1, 0.15) is 73.1 Å². The Bertz CT molecular complexity index is 429. The Labute approximate surface area is 126 Å². The molecule has 0 aromatic carbocycles. The number of hydrogen-bond acceptors (Lipinski definition) is 0. The number of hydrogen-bond donors (Lipinski definition) is 0. The topological polar surface area (TPSA) is 0 Å². The highest BCUT2D eigenvalue weighted by atomic mass is 14.4. The molecule has 3 atom stereocenters. The average Bonchev–Trinajstić information content (AvgIpc) is 2.38. The van der Waals surface area contributed by atoms with Gasteiger partial charge in [-0.3, -0.25) is 0 Å². The fourth-order valence-corrected chi connectivity index (χ4v) is 3.97. The van der Waals surface area contributed by atoms with Gasteiger partial charge in [-0.05, 0) is 82.6 Å². The van der Waals surface area contributed by atoms with E-state index in [4.69, 9.17) is 0 Å². The molecule has 0 N–H and O–H groups in total. The van der Waals surface area contributed by atoms with Crippen molar-refractivity contribution in [2.24, 2.45) is 17.8 Å². The molecular weight excluding hydrogens is 240 g/mol. The molecule has 0 heterocycles. The molecule has 2 aliphatic carbocycles. The second-order valence-corrected chi connectivity index (χ2v) is 7.39. The summed E-state index contributed by atoms with van der Waals surface area (Å²) in [7, 11) is 0. The molecule has 2 aliphatic rings. The first kappa shape index (κ1) is 15.6. The van der Waals surface area contributed by atoms with Crippen LogP contribution in [0.2, 0.25) is 0 Å². The van der Waals surface area contributed by atoms with Crippen molar-refractivity contribution in [1.29, 1.82) is 0 Å². The lowest BCUT2D eigenvalue weighted by atomic mass is 9.68. The molecule has 0 fully saturated rings.